The number of nitrogens with zero attached hydrogens (tertiary/aromatic N) is 2. The van der Waals surface area contributed by atoms with Crippen molar-refractivity contribution >= 4 is 28.9 Å². The molecule has 2 heterocycles. The van der Waals surface area contributed by atoms with Crippen molar-refractivity contribution < 1.29 is 19.0 Å². The molecule has 3 rings (SSSR count). The lowest BCUT2D eigenvalue weighted by Gasteiger charge is -2.17. The first kappa shape index (κ1) is 22.5. The number of benzene rings is 1. The maximum Gasteiger partial charge on any atom is 0.255 e. The Balaban J connectivity index is 1.98. The van der Waals surface area contributed by atoms with Crippen molar-refractivity contribution in [3.8, 4) is 17.0 Å². The van der Waals surface area contributed by atoms with Gasteiger partial charge in [0.05, 0.1) is 48.6 Å². The summed E-state index contributed by atoms with van der Waals surface area (Å²) in [5, 5.41) is 15.7. The first-order valence-electron chi connectivity index (χ1n) is 9.59. The molecule has 0 aliphatic heterocycles. The number of methoxy groups -OCH3 is 1. The van der Waals surface area contributed by atoms with E-state index in [1.807, 2.05) is 6.92 Å². The standard InChI is InChI=1S/C22H22ClFN4O3/c1-3-14(12-29)27-22(30)16-10-25-7-6-18(16)28-20-9-19(26-11-21(20)31-2)15-8-13(23)4-5-17(15)24/h4-11,14,29H,3,12H2,1-2H3,(H,27,30)(H,25,26,28). The van der Waals surface area contributed by atoms with Gasteiger partial charge in [-0.1, -0.05) is 18.5 Å². The third-order valence-corrected chi connectivity index (χ3v) is 4.91. The third-order valence-electron chi connectivity index (χ3n) is 4.68. The van der Waals surface area contributed by atoms with Crippen molar-refractivity contribution in [1.82, 2.24) is 15.3 Å². The molecular weight excluding hydrogens is 423 g/mol. The molecule has 0 spiro atoms. The molecular formula is C22H22ClFN4O3. The number of rotatable bonds is 8. The summed E-state index contributed by atoms with van der Waals surface area (Å²) in [6.45, 7) is 1.69. The Morgan fingerprint density at radius 1 is 1.26 bits per heavy atom. The van der Waals surface area contributed by atoms with E-state index in [0.29, 0.717) is 34.3 Å². The number of pyridine rings is 2. The number of aliphatic hydroxyl groups excluding tert-OH is 1. The van der Waals surface area contributed by atoms with Crippen LogP contribution in [0.5, 0.6) is 5.75 Å². The van der Waals surface area contributed by atoms with Crippen LogP contribution in [0.2, 0.25) is 5.02 Å². The van der Waals surface area contributed by atoms with E-state index in [1.54, 1.807) is 12.1 Å². The van der Waals surface area contributed by atoms with Crippen LogP contribution in [0.1, 0.15) is 23.7 Å². The zero-order valence-electron chi connectivity index (χ0n) is 17.0. The monoisotopic (exact) mass is 444 g/mol. The van der Waals surface area contributed by atoms with Gasteiger partial charge in [-0.2, -0.15) is 0 Å². The molecule has 0 aliphatic rings. The summed E-state index contributed by atoms with van der Waals surface area (Å²) in [6, 6.07) is 7.09. The number of ether oxygens (including phenoxy) is 1. The topological polar surface area (TPSA) is 96.4 Å². The number of aromatic nitrogens is 2. The molecule has 1 unspecified atom stereocenters. The van der Waals surface area contributed by atoms with Crippen molar-refractivity contribution in [2.75, 3.05) is 19.0 Å². The van der Waals surface area contributed by atoms with Crippen LogP contribution in [0.4, 0.5) is 15.8 Å². The lowest BCUT2D eigenvalue weighted by Crippen LogP contribution is -2.37. The van der Waals surface area contributed by atoms with Gasteiger partial charge in [0, 0.05) is 23.0 Å². The summed E-state index contributed by atoms with van der Waals surface area (Å²) in [6.07, 6.45) is 5.00. The average molecular weight is 445 g/mol. The molecule has 1 aromatic carbocycles. The SMILES string of the molecule is CCC(CO)NC(=O)c1cnccc1Nc1cc(-c2cc(Cl)ccc2F)ncc1OC. The minimum atomic E-state index is -0.466. The Hall–Kier alpha value is -3.23. The molecule has 0 aliphatic carbocycles. The molecule has 0 saturated carbocycles. The van der Waals surface area contributed by atoms with Crippen LogP contribution in [0.15, 0.2) is 48.9 Å². The summed E-state index contributed by atoms with van der Waals surface area (Å²) in [7, 11) is 1.48. The lowest BCUT2D eigenvalue weighted by atomic mass is 10.1. The smallest absolute Gasteiger partial charge is 0.255 e. The highest BCUT2D eigenvalue weighted by Gasteiger charge is 2.17. The highest BCUT2D eigenvalue weighted by atomic mass is 35.5. The Kier molecular flexibility index (Phi) is 7.38. The van der Waals surface area contributed by atoms with Crippen LogP contribution < -0.4 is 15.4 Å². The van der Waals surface area contributed by atoms with Gasteiger partial charge in [-0.15, -0.1) is 0 Å². The van der Waals surface area contributed by atoms with E-state index in [4.69, 9.17) is 16.3 Å². The number of nitrogens with one attached hydrogen (secondary N) is 2. The van der Waals surface area contributed by atoms with Gasteiger partial charge in [0.15, 0.2) is 5.75 Å². The van der Waals surface area contributed by atoms with Crippen molar-refractivity contribution in [3.63, 3.8) is 0 Å². The van der Waals surface area contributed by atoms with Gasteiger partial charge in [-0.25, -0.2) is 4.39 Å². The number of anilines is 2. The van der Waals surface area contributed by atoms with E-state index in [-0.39, 0.29) is 29.7 Å². The van der Waals surface area contributed by atoms with Crippen LogP contribution in [0.3, 0.4) is 0 Å². The van der Waals surface area contributed by atoms with E-state index in [9.17, 15) is 14.3 Å². The molecule has 9 heteroatoms. The van der Waals surface area contributed by atoms with Gasteiger partial charge in [-0.05, 0) is 36.8 Å². The molecule has 3 N–H and O–H groups in total. The first-order valence-corrected chi connectivity index (χ1v) is 9.96. The lowest BCUT2D eigenvalue weighted by molar-refractivity contribution is 0.0915. The second-order valence-electron chi connectivity index (χ2n) is 6.70. The fourth-order valence-electron chi connectivity index (χ4n) is 2.91. The van der Waals surface area contributed by atoms with Gasteiger partial charge in [0.2, 0.25) is 0 Å². The fraction of sp³-hybridized carbons (Fsp3) is 0.227. The van der Waals surface area contributed by atoms with Crippen LogP contribution in [-0.4, -0.2) is 40.7 Å². The zero-order chi connectivity index (χ0) is 22.4. The predicted octanol–water partition coefficient (Wildman–Crippen LogP) is 4.19. The number of halogens is 2. The van der Waals surface area contributed by atoms with Crippen molar-refractivity contribution in [2.24, 2.45) is 0 Å². The van der Waals surface area contributed by atoms with Crippen molar-refractivity contribution in [2.45, 2.75) is 19.4 Å². The number of aliphatic hydroxyl groups is 1. The quantitative estimate of drug-likeness (QED) is 0.482. The number of amides is 1. The normalized spacial score (nSPS) is 11.6. The van der Waals surface area contributed by atoms with Crippen LogP contribution in [-0.2, 0) is 0 Å². The maximum absolute atomic E-state index is 14.3. The molecule has 7 nitrogen and oxygen atoms in total. The molecule has 0 fully saturated rings. The van der Waals surface area contributed by atoms with E-state index in [1.165, 1.54) is 43.9 Å². The average Bonchev–Trinajstić information content (AvgIpc) is 2.79. The van der Waals surface area contributed by atoms with Crippen molar-refractivity contribution in [1.29, 1.82) is 0 Å². The molecule has 2 aromatic heterocycles. The Morgan fingerprint density at radius 2 is 2.06 bits per heavy atom. The van der Waals surface area contributed by atoms with Crippen LogP contribution in [0, 0.1) is 5.82 Å². The van der Waals surface area contributed by atoms with E-state index < -0.39 is 5.82 Å². The summed E-state index contributed by atoms with van der Waals surface area (Å²) >= 11 is 6.01. The molecule has 0 bridgehead atoms. The predicted molar refractivity (Wildman–Crippen MR) is 117 cm³/mol. The summed E-state index contributed by atoms with van der Waals surface area (Å²) in [5.41, 5.74) is 1.79. The molecule has 3 aromatic rings. The Morgan fingerprint density at radius 3 is 2.77 bits per heavy atom. The number of hydrogen-bond acceptors (Lipinski definition) is 6. The third kappa shape index (κ3) is 5.28. The van der Waals surface area contributed by atoms with Gasteiger partial charge < -0.3 is 20.5 Å². The first-order chi connectivity index (χ1) is 15.0. The molecule has 31 heavy (non-hydrogen) atoms. The summed E-state index contributed by atoms with van der Waals surface area (Å²) in [5.74, 6) is -0.451. The van der Waals surface area contributed by atoms with Gasteiger partial charge >= 0.3 is 0 Å². The van der Waals surface area contributed by atoms with E-state index in [2.05, 4.69) is 20.6 Å². The largest absolute Gasteiger partial charge is 0.493 e. The van der Waals surface area contributed by atoms with Gasteiger partial charge in [-0.3, -0.25) is 14.8 Å². The van der Waals surface area contributed by atoms with Crippen LogP contribution >= 0.6 is 11.6 Å². The molecule has 1 amide bonds. The minimum absolute atomic E-state index is 0.169. The Labute approximate surface area is 184 Å². The van der Waals surface area contributed by atoms with Gasteiger partial charge in [0.25, 0.3) is 5.91 Å². The van der Waals surface area contributed by atoms with E-state index in [0.717, 1.165) is 0 Å². The Bertz CT molecular complexity index is 1080. The highest BCUT2D eigenvalue weighted by Crippen LogP contribution is 2.33. The maximum atomic E-state index is 14.3. The van der Waals surface area contributed by atoms with Gasteiger partial charge in [0.1, 0.15) is 5.82 Å². The fourth-order valence-corrected chi connectivity index (χ4v) is 3.09. The molecule has 0 radical (unpaired) electrons. The minimum Gasteiger partial charge on any atom is -0.493 e. The summed E-state index contributed by atoms with van der Waals surface area (Å²) < 4.78 is 19.7. The number of hydrogen-bond donors (Lipinski definition) is 3. The number of carbonyl (C=O) groups is 1. The highest BCUT2D eigenvalue weighted by molar-refractivity contribution is 6.30. The second kappa shape index (κ2) is 10.2. The second-order valence-corrected chi connectivity index (χ2v) is 7.14. The molecule has 0 saturated heterocycles. The molecule has 1 atom stereocenters. The summed E-state index contributed by atoms with van der Waals surface area (Å²) in [4.78, 5) is 21.0. The van der Waals surface area contributed by atoms with E-state index >= 15 is 0 Å². The van der Waals surface area contributed by atoms with Crippen molar-refractivity contribution in [3.05, 3.63) is 65.3 Å². The molecule has 162 valence electrons. The van der Waals surface area contributed by atoms with Crippen LogP contribution in [0.25, 0.3) is 11.3 Å². The zero-order valence-corrected chi connectivity index (χ0v) is 17.8. The number of carbonyl (C=O) groups excluding carboxylic acids is 1.